The molecule has 2 N–H and O–H groups in total. The lowest BCUT2D eigenvalue weighted by Gasteiger charge is -2.29. The standard InChI is InChI=1S/C15H34N4O2S.HI/c1-7-16-15(18-10-12-22(20,21)8-2)17-9-11-19(13(3)4)14(5)6;/h13-14H,7-12H2,1-6H3,(H2,16,17,18);1H. The fraction of sp³-hybridized carbons (Fsp3) is 0.933. The van der Waals surface area contributed by atoms with E-state index in [4.69, 9.17) is 0 Å². The van der Waals surface area contributed by atoms with Crippen molar-refractivity contribution in [1.82, 2.24) is 15.5 Å². The molecule has 0 saturated heterocycles. The summed E-state index contributed by atoms with van der Waals surface area (Å²) in [5.41, 5.74) is 0. The normalized spacial score (nSPS) is 12.7. The van der Waals surface area contributed by atoms with Gasteiger partial charge in [0, 0.05) is 37.5 Å². The smallest absolute Gasteiger partial charge is 0.191 e. The van der Waals surface area contributed by atoms with Crippen LogP contribution in [0.25, 0.3) is 0 Å². The summed E-state index contributed by atoms with van der Waals surface area (Å²) in [6.45, 7) is 15.1. The predicted octanol–water partition coefficient (Wildman–Crippen LogP) is 1.71. The van der Waals surface area contributed by atoms with E-state index in [-0.39, 0.29) is 35.5 Å². The molecule has 140 valence electrons. The predicted molar refractivity (Wildman–Crippen MR) is 111 cm³/mol. The van der Waals surface area contributed by atoms with E-state index in [1.54, 1.807) is 6.92 Å². The molecule has 0 bridgehead atoms. The monoisotopic (exact) mass is 462 g/mol. The first kappa shape index (κ1) is 25.2. The first-order valence-electron chi connectivity index (χ1n) is 8.21. The van der Waals surface area contributed by atoms with Gasteiger partial charge in [-0.2, -0.15) is 0 Å². The number of rotatable bonds is 10. The maximum Gasteiger partial charge on any atom is 0.191 e. The van der Waals surface area contributed by atoms with Crippen LogP contribution in [0.4, 0.5) is 0 Å². The lowest BCUT2D eigenvalue weighted by molar-refractivity contribution is 0.181. The highest BCUT2D eigenvalue weighted by molar-refractivity contribution is 14.0. The molecule has 0 aromatic rings. The van der Waals surface area contributed by atoms with Crippen molar-refractivity contribution in [3.8, 4) is 0 Å². The molecular formula is C15H35IN4O2S. The lowest BCUT2D eigenvalue weighted by Crippen LogP contribution is -2.41. The molecule has 0 spiro atoms. The van der Waals surface area contributed by atoms with Crippen LogP contribution in [-0.2, 0) is 9.84 Å². The lowest BCUT2D eigenvalue weighted by atomic mass is 10.2. The number of halogens is 1. The third-order valence-electron chi connectivity index (χ3n) is 3.44. The zero-order valence-electron chi connectivity index (χ0n) is 15.4. The molecule has 0 fully saturated rings. The van der Waals surface area contributed by atoms with E-state index in [1.165, 1.54) is 0 Å². The average molecular weight is 462 g/mol. The molecule has 0 unspecified atom stereocenters. The maximum absolute atomic E-state index is 11.5. The number of nitrogens with one attached hydrogen (secondary N) is 2. The van der Waals surface area contributed by atoms with E-state index in [0.29, 0.717) is 31.1 Å². The van der Waals surface area contributed by atoms with E-state index in [9.17, 15) is 8.42 Å². The van der Waals surface area contributed by atoms with Gasteiger partial charge in [0.25, 0.3) is 0 Å². The second-order valence-electron chi connectivity index (χ2n) is 5.85. The molecular weight excluding hydrogens is 427 g/mol. The van der Waals surface area contributed by atoms with Gasteiger partial charge in [-0.05, 0) is 34.6 Å². The van der Waals surface area contributed by atoms with E-state index in [0.717, 1.165) is 13.1 Å². The highest BCUT2D eigenvalue weighted by atomic mass is 127. The second-order valence-corrected chi connectivity index (χ2v) is 8.32. The number of sulfone groups is 1. The summed E-state index contributed by atoms with van der Waals surface area (Å²) in [7, 11) is -2.94. The minimum atomic E-state index is -2.94. The molecule has 0 atom stereocenters. The van der Waals surface area contributed by atoms with Crippen molar-refractivity contribution >= 4 is 39.8 Å². The Bertz CT molecular complexity index is 417. The summed E-state index contributed by atoms with van der Waals surface area (Å²) in [5, 5.41) is 6.23. The first-order valence-corrected chi connectivity index (χ1v) is 10.0. The molecule has 0 saturated carbocycles. The molecule has 23 heavy (non-hydrogen) atoms. The van der Waals surface area contributed by atoms with Crippen molar-refractivity contribution in [2.45, 2.75) is 53.6 Å². The van der Waals surface area contributed by atoms with E-state index >= 15 is 0 Å². The fourth-order valence-electron chi connectivity index (χ4n) is 2.20. The van der Waals surface area contributed by atoms with Crippen molar-refractivity contribution < 1.29 is 8.42 Å². The van der Waals surface area contributed by atoms with E-state index < -0.39 is 9.84 Å². The van der Waals surface area contributed by atoms with Gasteiger partial charge < -0.3 is 10.6 Å². The summed E-state index contributed by atoms with van der Waals surface area (Å²) in [6.07, 6.45) is 0. The van der Waals surface area contributed by atoms with Gasteiger partial charge in [0.05, 0.1) is 12.3 Å². The largest absolute Gasteiger partial charge is 0.357 e. The molecule has 0 radical (unpaired) electrons. The minimum Gasteiger partial charge on any atom is -0.357 e. The van der Waals surface area contributed by atoms with Crippen LogP contribution in [0.1, 0.15) is 41.5 Å². The van der Waals surface area contributed by atoms with Crippen LogP contribution >= 0.6 is 24.0 Å². The number of aliphatic imine (C=N–C) groups is 1. The van der Waals surface area contributed by atoms with Gasteiger partial charge in [-0.15, -0.1) is 24.0 Å². The van der Waals surface area contributed by atoms with Crippen LogP contribution in [0.5, 0.6) is 0 Å². The fourth-order valence-corrected chi connectivity index (χ4v) is 2.90. The van der Waals surface area contributed by atoms with Crippen LogP contribution < -0.4 is 10.6 Å². The van der Waals surface area contributed by atoms with Crippen LogP contribution in [0, 0.1) is 0 Å². The molecule has 0 rings (SSSR count). The van der Waals surface area contributed by atoms with Gasteiger partial charge >= 0.3 is 0 Å². The molecule has 0 aliphatic rings. The van der Waals surface area contributed by atoms with Crippen molar-refractivity contribution in [3.63, 3.8) is 0 Å². The summed E-state index contributed by atoms with van der Waals surface area (Å²) in [6, 6.07) is 0.973. The van der Waals surface area contributed by atoms with Gasteiger partial charge in [-0.1, -0.05) is 6.92 Å². The Balaban J connectivity index is 0. The summed E-state index contributed by atoms with van der Waals surface area (Å²) in [5.74, 6) is 0.999. The van der Waals surface area contributed by atoms with Gasteiger partial charge in [0.15, 0.2) is 15.8 Å². The first-order chi connectivity index (χ1) is 10.2. The summed E-state index contributed by atoms with van der Waals surface area (Å²) >= 11 is 0. The molecule has 0 heterocycles. The Morgan fingerprint density at radius 2 is 1.65 bits per heavy atom. The van der Waals surface area contributed by atoms with Crippen molar-refractivity contribution in [2.24, 2.45) is 4.99 Å². The highest BCUT2D eigenvalue weighted by Crippen LogP contribution is 2.03. The number of hydrogen-bond donors (Lipinski definition) is 2. The molecule has 0 aromatic carbocycles. The number of guanidine groups is 1. The summed E-state index contributed by atoms with van der Waals surface area (Å²) < 4.78 is 23.0. The van der Waals surface area contributed by atoms with Crippen LogP contribution in [0.3, 0.4) is 0 Å². The third kappa shape index (κ3) is 12.0. The zero-order valence-corrected chi connectivity index (χ0v) is 18.6. The second kappa shape index (κ2) is 13.2. The maximum atomic E-state index is 11.5. The van der Waals surface area contributed by atoms with Gasteiger partial charge in [-0.25, -0.2) is 8.42 Å². The van der Waals surface area contributed by atoms with E-state index in [2.05, 4.69) is 48.2 Å². The van der Waals surface area contributed by atoms with E-state index in [1.807, 2.05) is 6.92 Å². The van der Waals surface area contributed by atoms with Crippen molar-refractivity contribution in [3.05, 3.63) is 0 Å². The van der Waals surface area contributed by atoms with Crippen molar-refractivity contribution in [2.75, 3.05) is 37.7 Å². The minimum absolute atomic E-state index is 0. The Labute approximate surface area is 159 Å². The highest BCUT2D eigenvalue weighted by Gasteiger charge is 2.12. The quantitative estimate of drug-likeness (QED) is 0.294. The number of nitrogens with zero attached hydrogens (tertiary/aromatic N) is 2. The van der Waals surface area contributed by atoms with Gasteiger partial charge in [0.2, 0.25) is 0 Å². The van der Waals surface area contributed by atoms with Gasteiger partial charge in [-0.3, -0.25) is 9.89 Å². The third-order valence-corrected chi connectivity index (χ3v) is 5.15. The molecule has 8 heteroatoms. The molecule has 0 aliphatic heterocycles. The van der Waals surface area contributed by atoms with Crippen LogP contribution in [0.2, 0.25) is 0 Å². The Hall–Kier alpha value is -0.0900. The Morgan fingerprint density at radius 3 is 2.09 bits per heavy atom. The Morgan fingerprint density at radius 1 is 1.09 bits per heavy atom. The zero-order chi connectivity index (χ0) is 17.2. The average Bonchev–Trinajstić information content (AvgIpc) is 2.42. The van der Waals surface area contributed by atoms with Crippen molar-refractivity contribution in [1.29, 1.82) is 0 Å². The summed E-state index contributed by atoms with van der Waals surface area (Å²) in [4.78, 5) is 6.90. The van der Waals surface area contributed by atoms with Gasteiger partial charge in [0.1, 0.15) is 0 Å². The molecule has 0 aliphatic carbocycles. The SMILES string of the molecule is CCNC(=NCCN(C(C)C)C(C)C)NCCS(=O)(=O)CC.I. The molecule has 0 amide bonds. The topological polar surface area (TPSA) is 73.8 Å². The molecule has 0 aromatic heterocycles. The number of hydrogen-bond acceptors (Lipinski definition) is 4. The van der Waals surface area contributed by atoms with Crippen LogP contribution in [-0.4, -0.2) is 69.0 Å². The Kier molecular flexibility index (Phi) is 14.5. The molecule has 6 nitrogen and oxygen atoms in total. The van der Waals surface area contributed by atoms with Crippen LogP contribution in [0.15, 0.2) is 4.99 Å².